The largest absolute Gasteiger partial charge is 0.203 e. The molecule has 4 fully saturated rings. The molecular weight excluding hydrogens is 216 g/mol. The van der Waals surface area contributed by atoms with E-state index in [0.717, 1.165) is 23.7 Å². The summed E-state index contributed by atoms with van der Waals surface area (Å²) in [4.78, 5) is 11.0. The van der Waals surface area contributed by atoms with Crippen LogP contribution in [0.1, 0.15) is 51.4 Å². The van der Waals surface area contributed by atoms with Crippen LogP contribution in [0.25, 0.3) is 0 Å². The maximum Gasteiger partial charge on any atom is 0.0992 e. The Morgan fingerprint density at radius 1 is 0.588 bits per heavy atom. The molecule has 0 amide bonds. The Bertz CT molecular complexity index is 265. The van der Waals surface area contributed by atoms with Gasteiger partial charge in [-0.2, -0.15) is 0 Å². The molecule has 0 saturated heterocycles. The highest BCUT2D eigenvalue weighted by molar-refractivity contribution is 4.91. The number of rotatable bonds is 4. The Morgan fingerprint density at radius 3 is 1.47 bits per heavy atom. The van der Waals surface area contributed by atoms with Gasteiger partial charge in [0.2, 0.25) is 0 Å². The van der Waals surface area contributed by atoms with Crippen molar-refractivity contribution in [2.75, 3.05) is 0 Å². The molecule has 0 aromatic rings. The molecule has 4 rings (SSSR count). The van der Waals surface area contributed by atoms with E-state index in [2.05, 4.69) is 0 Å². The van der Waals surface area contributed by atoms with Crippen molar-refractivity contribution >= 4 is 0 Å². The van der Waals surface area contributed by atoms with Gasteiger partial charge in [0, 0.05) is 0 Å². The van der Waals surface area contributed by atoms with Gasteiger partial charge in [0.05, 0.1) is 12.2 Å². The lowest BCUT2D eigenvalue weighted by molar-refractivity contribution is -0.544. The Labute approximate surface area is 103 Å². The van der Waals surface area contributed by atoms with Gasteiger partial charge in [-0.25, -0.2) is 9.78 Å². The van der Waals surface area contributed by atoms with Crippen LogP contribution in [0.15, 0.2) is 0 Å². The summed E-state index contributed by atoms with van der Waals surface area (Å²) in [5, 5.41) is 5.11. The molecule has 17 heavy (non-hydrogen) atoms. The molecule has 3 heteroatoms. The number of hydrogen-bond acceptors (Lipinski definition) is 3. The van der Waals surface area contributed by atoms with Crippen molar-refractivity contribution in [3.63, 3.8) is 0 Å². The number of fused-ring (bicyclic) bond motifs is 4. The van der Waals surface area contributed by atoms with Crippen molar-refractivity contribution in [3.05, 3.63) is 0 Å². The maximum absolute atomic E-state index is 5.48. The second-order valence-corrected chi connectivity index (χ2v) is 6.69. The van der Waals surface area contributed by atoms with Gasteiger partial charge in [0.25, 0.3) is 0 Å². The molecule has 4 aliphatic rings. The lowest BCUT2D eigenvalue weighted by atomic mass is 9.98. The summed E-state index contributed by atoms with van der Waals surface area (Å²) < 4.78 is 0. The van der Waals surface area contributed by atoms with Crippen molar-refractivity contribution in [1.82, 2.24) is 0 Å². The molecule has 4 bridgehead atoms. The van der Waals surface area contributed by atoms with E-state index in [4.69, 9.17) is 14.8 Å². The summed E-state index contributed by atoms with van der Waals surface area (Å²) in [5.41, 5.74) is 0. The zero-order valence-corrected chi connectivity index (χ0v) is 10.3. The van der Waals surface area contributed by atoms with E-state index in [1.165, 1.54) is 51.4 Å². The third kappa shape index (κ3) is 1.92. The lowest BCUT2D eigenvalue weighted by Gasteiger charge is -2.23. The molecule has 96 valence electrons. The molecule has 0 aromatic carbocycles. The van der Waals surface area contributed by atoms with Gasteiger partial charge in [-0.05, 0) is 75.0 Å². The first-order valence-electron chi connectivity index (χ1n) is 7.37. The van der Waals surface area contributed by atoms with Crippen LogP contribution >= 0.6 is 0 Å². The molecule has 0 aromatic heterocycles. The summed E-state index contributed by atoms with van der Waals surface area (Å²) in [6.45, 7) is 0. The lowest BCUT2D eigenvalue weighted by Crippen LogP contribution is -2.25. The van der Waals surface area contributed by atoms with Gasteiger partial charge in [0.1, 0.15) is 0 Å². The highest BCUT2D eigenvalue weighted by Crippen LogP contribution is 2.47. The molecule has 0 spiro atoms. The van der Waals surface area contributed by atoms with Crippen LogP contribution in [-0.2, 0) is 14.8 Å². The van der Waals surface area contributed by atoms with Crippen LogP contribution < -0.4 is 0 Å². The quantitative estimate of drug-likeness (QED) is 0.556. The molecule has 3 nitrogen and oxygen atoms in total. The van der Waals surface area contributed by atoms with Gasteiger partial charge in [-0.1, -0.05) is 5.04 Å². The smallest absolute Gasteiger partial charge is 0.0992 e. The molecule has 0 N–H and O–H groups in total. The first-order chi connectivity index (χ1) is 8.38. The summed E-state index contributed by atoms with van der Waals surface area (Å²) in [6.07, 6.45) is 11.1. The zero-order chi connectivity index (χ0) is 11.2. The topological polar surface area (TPSA) is 27.7 Å². The summed E-state index contributed by atoms with van der Waals surface area (Å²) in [6, 6.07) is 0. The van der Waals surface area contributed by atoms with E-state index in [-0.39, 0.29) is 0 Å². The summed E-state index contributed by atoms with van der Waals surface area (Å²) in [5.74, 6) is 3.28. The fraction of sp³-hybridized carbons (Fsp3) is 1.00. The molecule has 6 atom stereocenters. The molecule has 4 aliphatic carbocycles. The van der Waals surface area contributed by atoms with Crippen LogP contribution in [0.4, 0.5) is 0 Å². The van der Waals surface area contributed by atoms with Crippen LogP contribution in [0.3, 0.4) is 0 Å². The minimum absolute atomic E-state index is 0.312. The second kappa shape index (κ2) is 4.22. The van der Waals surface area contributed by atoms with E-state index in [9.17, 15) is 0 Å². The Balaban J connectivity index is 1.22. The first-order valence-corrected chi connectivity index (χ1v) is 7.37. The van der Waals surface area contributed by atoms with E-state index < -0.39 is 0 Å². The van der Waals surface area contributed by atoms with Gasteiger partial charge in [-0.3, -0.25) is 0 Å². The fourth-order valence-electron chi connectivity index (χ4n) is 4.73. The average molecular weight is 238 g/mol. The average Bonchev–Trinajstić information content (AvgIpc) is 3.09. The molecule has 0 aliphatic heterocycles. The SMILES string of the molecule is C1CC2CC1CC2OOOC1CC2CCC1C2. The third-order valence-corrected chi connectivity index (χ3v) is 5.67. The van der Waals surface area contributed by atoms with Crippen LogP contribution in [0, 0.1) is 23.7 Å². The van der Waals surface area contributed by atoms with Gasteiger partial charge in [-0.15, -0.1) is 0 Å². The first kappa shape index (κ1) is 10.8. The van der Waals surface area contributed by atoms with Crippen molar-refractivity contribution in [1.29, 1.82) is 0 Å². The second-order valence-electron chi connectivity index (χ2n) is 6.69. The Kier molecular flexibility index (Phi) is 2.67. The third-order valence-electron chi connectivity index (χ3n) is 5.67. The predicted octanol–water partition coefficient (Wildman–Crippen LogP) is 3.24. The highest BCUT2D eigenvalue weighted by atomic mass is 17.5. The van der Waals surface area contributed by atoms with Crippen LogP contribution in [0.5, 0.6) is 0 Å². The summed E-state index contributed by atoms with van der Waals surface area (Å²) in [7, 11) is 0. The molecule has 6 unspecified atom stereocenters. The molecule has 0 radical (unpaired) electrons. The maximum atomic E-state index is 5.48. The fourth-order valence-corrected chi connectivity index (χ4v) is 4.73. The van der Waals surface area contributed by atoms with Gasteiger partial charge < -0.3 is 0 Å². The highest BCUT2D eigenvalue weighted by Gasteiger charge is 2.43. The van der Waals surface area contributed by atoms with Crippen LogP contribution in [0.2, 0.25) is 0 Å². The standard InChI is InChI=1S/C14H22O3/c1-3-11-5-9(1)7-13(11)15-17-16-14-8-10-2-4-12(14)6-10/h9-14H,1-8H2. The van der Waals surface area contributed by atoms with Crippen molar-refractivity contribution < 1.29 is 14.8 Å². The van der Waals surface area contributed by atoms with Crippen molar-refractivity contribution in [3.8, 4) is 0 Å². The van der Waals surface area contributed by atoms with Gasteiger partial charge in [0.15, 0.2) is 0 Å². The minimum atomic E-state index is 0.312. The van der Waals surface area contributed by atoms with E-state index in [1.807, 2.05) is 0 Å². The van der Waals surface area contributed by atoms with Crippen molar-refractivity contribution in [2.45, 2.75) is 63.6 Å². The molecular formula is C14H22O3. The van der Waals surface area contributed by atoms with E-state index in [0.29, 0.717) is 12.2 Å². The normalized spacial score (nSPS) is 51.5. The monoisotopic (exact) mass is 238 g/mol. The minimum Gasteiger partial charge on any atom is -0.203 e. The number of hydrogen-bond donors (Lipinski definition) is 0. The summed E-state index contributed by atoms with van der Waals surface area (Å²) >= 11 is 0. The zero-order valence-electron chi connectivity index (χ0n) is 10.3. The predicted molar refractivity (Wildman–Crippen MR) is 61.7 cm³/mol. The van der Waals surface area contributed by atoms with Crippen LogP contribution in [-0.4, -0.2) is 12.2 Å². The van der Waals surface area contributed by atoms with Gasteiger partial charge >= 0.3 is 0 Å². The van der Waals surface area contributed by atoms with Crippen molar-refractivity contribution in [2.24, 2.45) is 23.7 Å². The van der Waals surface area contributed by atoms with E-state index >= 15 is 0 Å². The molecule has 4 saturated carbocycles. The van der Waals surface area contributed by atoms with E-state index in [1.54, 1.807) is 0 Å². The Hall–Kier alpha value is -0.120. The molecule has 0 heterocycles. The Morgan fingerprint density at radius 2 is 1.12 bits per heavy atom.